The van der Waals surface area contributed by atoms with Crippen molar-refractivity contribution in [3.63, 3.8) is 0 Å². The highest BCUT2D eigenvalue weighted by Gasteiger charge is 1.89. The van der Waals surface area contributed by atoms with E-state index in [-0.39, 0.29) is 0 Å². The van der Waals surface area contributed by atoms with Gasteiger partial charge in [0.05, 0.1) is 0 Å². The lowest BCUT2D eigenvalue weighted by Crippen LogP contribution is -1.86. The van der Waals surface area contributed by atoms with E-state index in [9.17, 15) is 0 Å². The molecule has 0 aliphatic rings. The van der Waals surface area contributed by atoms with Crippen LogP contribution in [0.15, 0.2) is 54.6 Å². The summed E-state index contributed by atoms with van der Waals surface area (Å²) in [6, 6.07) is 7.80. The van der Waals surface area contributed by atoms with Crippen molar-refractivity contribution < 1.29 is 0 Å². The summed E-state index contributed by atoms with van der Waals surface area (Å²) in [7, 11) is 0. The van der Waals surface area contributed by atoms with Crippen LogP contribution in [0.1, 0.15) is 12.5 Å². The van der Waals surface area contributed by atoms with E-state index in [1.54, 1.807) is 0 Å². The molecule has 0 fully saturated rings. The fourth-order valence-electron chi connectivity index (χ4n) is 1.06. The molecule has 0 aromatic heterocycles. The number of rotatable bonds is 3. The molecule has 1 heteroatoms. The number of hydrogen-bond donors (Lipinski definition) is 1. The van der Waals surface area contributed by atoms with Crippen LogP contribution in [-0.4, -0.2) is 0 Å². The minimum absolute atomic E-state index is 0.809. The molecular weight excluding hydrogens is 170 g/mol. The Balaban J connectivity index is 2.65. The fourth-order valence-corrected chi connectivity index (χ4v) is 1.06. The molecule has 0 aliphatic carbocycles. The summed E-state index contributed by atoms with van der Waals surface area (Å²) in [4.78, 5) is 0. The third-order valence-corrected chi connectivity index (χ3v) is 1.80. The predicted molar refractivity (Wildman–Crippen MR) is 63.8 cm³/mol. The number of hydrogen-bond acceptors (Lipinski definition) is 1. The van der Waals surface area contributed by atoms with Gasteiger partial charge in [-0.15, -0.1) is 0 Å². The Hall–Kier alpha value is -1.76. The molecule has 0 spiro atoms. The van der Waals surface area contributed by atoms with Crippen molar-refractivity contribution in [2.45, 2.75) is 6.92 Å². The summed E-state index contributed by atoms with van der Waals surface area (Å²) in [6.07, 6.45) is 11.9. The Morgan fingerprint density at radius 1 is 1.00 bits per heavy atom. The van der Waals surface area contributed by atoms with Gasteiger partial charge in [-0.25, -0.2) is 0 Å². The van der Waals surface area contributed by atoms with Crippen LogP contribution in [0.4, 0.5) is 5.69 Å². The molecule has 0 amide bonds. The molecule has 1 aromatic rings. The SMILES string of the molecule is C/C=C/C=C\C=C/c1ccccc1N. The lowest BCUT2D eigenvalue weighted by molar-refractivity contribution is 1.64. The first-order valence-corrected chi connectivity index (χ1v) is 4.65. The third-order valence-electron chi connectivity index (χ3n) is 1.80. The van der Waals surface area contributed by atoms with Gasteiger partial charge in [0, 0.05) is 5.69 Å². The molecule has 1 aromatic carbocycles. The van der Waals surface area contributed by atoms with Crippen LogP contribution in [0.3, 0.4) is 0 Å². The van der Waals surface area contributed by atoms with Crippen LogP contribution in [0, 0.1) is 0 Å². The summed E-state index contributed by atoms with van der Waals surface area (Å²) in [5, 5.41) is 0. The maximum atomic E-state index is 5.77. The number of allylic oxidation sites excluding steroid dienone is 5. The molecule has 2 N–H and O–H groups in total. The van der Waals surface area contributed by atoms with Crippen molar-refractivity contribution in [3.05, 3.63) is 60.2 Å². The molecule has 0 saturated heterocycles. The average Bonchev–Trinajstić information content (AvgIpc) is 2.20. The molecule has 0 bridgehead atoms. The third kappa shape index (κ3) is 3.31. The number of anilines is 1. The highest BCUT2D eigenvalue weighted by Crippen LogP contribution is 2.11. The second-order valence-electron chi connectivity index (χ2n) is 2.90. The van der Waals surface area contributed by atoms with E-state index in [2.05, 4.69) is 0 Å². The molecule has 0 atom stereocenters. The van der Waals surface area contributed by atoms with Gasteiger partial charge in [-0.1, -0.05) is 54.7 Å². The summed E-state index contributed by atoms with van der Waals surface area (Å²) < 4.78 is 0. The molecule has 72 valence electrons. The molecule has 1 rings (SSSR count). The summed E-state index contributed by atoms with van der Waals surface area (Å²) in [6.45, 7) is 1.99. The van der Waals surface area contributed by atoms with Gasteiger partial charge in [-0.05, 0) is 18.6 Å². The normalized spacial score (nSPS) is 12.1. The topological polar surface area (TPSA) is 26.0 Å². The molecular formula is C13H15N. The van der Waals surface area contributed by atoms with Crippen molar-refractivity contribution in [1.29, 1.82) is 0 Å². The van der Waals surface area contributed by atoms with Crippen molar-refractivity contribution in [1.82, 2.24) is 0 Å². The van der Waals surface area contributed by atoms with Crippen LogP contribution in [0.2, 0.25) is 0 Å². The zero-order chi connectivity index (χ0) is 10.2. The first-order valence-electron chi connectivity index (χ1n) is 4.65. The van der Waals surface area contributed by atoms with E-state index in [1.807, 2.05) is 67.6 Å². The van der Waals surface area contributed by atoms with Gasteiger partial charge >= 0.3 is 0 Å². The zero-order valence-electron chi connectivity index (χ0n) is 8.35. The zero-order valence-corrected chi connectivity index (χ0v) is 8.35. The van der Waals surface area contributed by atoms with Crippen LogP contribution in [-0.2, 0) is 0 Å². The monoisotopic (exact) mass is 185 g/mol. The van der Waals surface area contributed by atoms with Gasteiger partial charge < -0.3 is 5.73 Å². The Kier molecular flexibility index (Phi) is 4.29. The molecule has 0 saturated carbocycles. The van der Waals surface area contributed by atoms with Crippen LogP contribution < -0.4 is 5.73 Å². The molecule has 1 nitrogen and oxygen atoms in total. The summed E-state index contributed by atoms with van der Waals surface area (Å²) in [5.41, 5.74) is 7.63. The smallest absolute Gasteiger partial charge is 0.0387 e. The molecule has 14 heavy (non-hydrogen) atoms. The van der Waals surface area contributed by atoms with Crippen molar-refractivity contribution in [2.75, 3.05) is 5.73 Å². The number of nitrogens with two attached hydrogens (primary N) is 1. The fraction of sp³-hybridized carbons (Fsp3) is 0.0769. The standard InChI is InChI=1S/C13H15N/c1-2-3-4-5-6-9-12-10-7-8-11-13(12)14/h2-11H,14H2,1H3/b3-2+,5-4-,9-6-. The van der Waals surface area contributed by atoms with Crippen LogP contribution in [0.5, 0.6) is 0 Å². The van der Waals surface area contributed by atoms with Gasteiger partial charge in [0.15, 0.2) is 0 Å². The van der Waals surface area contributed by atoms with Crippen LogP contribution in [0.25, 0.3) is 6.08 Å². The van der Waals surface area contributed by atoms with E-state index in [0.29, 0.717) is 0 Å². The first-order chi connectivity index (χ1) is 6.84. The van der Waals surface area contributed by atoms with E-state index < -0.39 is 0 Å². The lowest BCUT2D eigenvalue weighted by atomic mass is 10.1. The van der Waals surface area contributed by atoms with Gasteiger partial charge in [0.25, 0.3) is 0 Å². The highest BCUT2D eigenvalue weighted by molar-refractivity contribution is 5.64. The Morgan fingerprint density at radius 2 is 1.71 bits per heavy atom. The van der Waals surface area contributed by atoms with E-state index >= 15 is 0 Å². The lowest BCUT2D eigenvalue weighted by Gasteiger charge is -1.96. The van der Waals surface area contributed by atoms with E-state index in [4.69, 9.17) is 5.73 Å². The van der Waals surface area contributed by atoms with E-state index in [0.717, 1.165) is 11.3 Å². The second-order valence-corrected chi connectivity index (χ2v) is 2.90. The number of benzene rings is 1. The largest absolute Gasteiger partial charge is 0.398 e. The second kappa shape index (κ2) is 5.81. The highest BCUT2D eigenvalue weighted by atomic mass is 14.5. The number of para-hydroxylation sites is 1. The Morgan fingerprint density at radius 3 is 2.43 bits per heavy atom. The van der Waals surface area contributed by atoms with Gasteiger partial charge in [0.1, 0.15) is 0 Å². The Bertz CT molecular complexity index is 359. The van der Waals surface area contributed by atoms with Gasteiger partial charge in [0.2, 0.25) is 0 Å². The Labute approximate surface area is 85.3 Å². The molecule has 0 unspecified atom stereocenters. The van der Waals surface area contributed by atoms with Crippen molar-refractivity contribution >= 4 is 11.8 Å². The summed E-state index contributed by atoms with van der Waals surface area (Å²) >= 11 is 0. The van der Waals surface area contributed by atoms with Gasteiger partial charge in [-0.3, -0.25) is 0 Å². The van der Waals surface area contributed by atoms with E-state index in [1.165, 1.54) is 0 Å². The molecule has 0 radical (unpaired) electrons. The van der Waals surface area contributed by atoms with Crippen LogP contribution >= 0.6 is 0 Å². The first kappa shape index (κ1) is 10.3. The maximum Gasteiger partial charge on any atom is 0.0387 e. The average molecular weight is 185 g/mol. The maximum absolute atomic E-state index is 5.77. The van der Waals surface area contributed by atoms with Gasteiger partial charge in [-0.2, -0.15) is 0 Å². The van der Waals surface area contributed by atoms with Crippen molar-refractivity contribution in [2.24, 2.45) is 0 Å². The predicted octanol–water partition coefficient (Wildman–Crippen LogP) is 3.41. The molecule has 0 aliphatic heterocycles. The summed E-state index contributed by atoms with van der Waals surface area (Å²) in [5.74, 6) is 0. The number of nitrogen functional groups attached to an aromatic ring is 1. The minimum Gasteiger partial charge on any atom is -0.398 e. The molecule has 0 heterocycles. The quantitative estimate of drug-likeness (QED) is 0.566. The minimum atomic E-state index is 0.809. The van der Waals surface area contributed by atoms with Crippen molar-refractivity contribution in [3.8, 4) is 0 Å².